The SMILES string of the molecule is CCCN(C)CCN(C)c1c(C(C)(C)C)c(=O)c1=S. The minimum Gasteiger partial charge on any atom is -0.372 e. The third kappa shape index (κ3) is 3.63. The zero-order chi connectivity index (χ0) is 14.8. The van der Waals surface area contributed by atoms with E-state index in [0.717, 1.165) is 37.3 Å². The lowest BCUT2D eigenvalue weighted by Crippen LogP contribution is -2.38. The van der Waals surface area contributed by atoms with Gasteiger partial charge in [-0.25, -0.2) is 0 Å². The smallest absolute Gasteiger partial charge is 0.204 e. The highest BCUT2D eigenvalue weighted by molar-refractivity contribution is 7.71. The quantitative estimate of drug-likeness (QED) is 0.749. The lowest BCUT2D eigenvalue weighted by atomic mass is 9.82. The fourth-order valence-corrected chi connectivity index (χ4v) is 2.73. The van der Waals surface area contributed by atoms with Crippen LogP contribution in [-0.4, -0.2) is 38.6 Å². The van der Waals surface area contributed by atoms with Crippen molar-refractivity contribution in [1.82, 2.24) is 4.90 Å². The van der Waals surface area contributed by atoms with Gasteiger partial charge in [0.2, 0.25) is 5.43 Å². The average molecular weight is 282 g/mol. The maximum absolute atomic E-state index is 11.9. The van der Waals surface area contributed by atoms with E-state index >= 15 is 0 Å². The van der Waals surface area contributed by atoms with Crippen LogP contribution in [0.5, 0.6) is 0 Å². The summed E-state index contributed by atoms with van der Waals surface area (Å²) < 4.78 is 0.505. The predicted octanol–water partition coefficient (Wildman–Crippen LogP) is 2.73. The van der Waals surface area contributed by atoms with E-state index in [0.29, 0.717) is 4.51 Å². The Morgan fingerprint density at radius 1 is 1.11 bits per heavy atom. The van der Waals surface area contributed by atoms with E-state index < -0.39 is 0 Å². The number of likely N-dealkylation sites (N-methyl/N-ethyl adjacent to an activating group) is 2. The second-order valence-electron chi connectivity index (χ2n) is 6.36. The summed E-state index contributed by atoms with van der Waals surface area (Å²) in [5.41, 5.74) is 1.81. The van der Waals surface area contributed by atoms with Crippen molar-refractivity contribution in [3.8, 4) is 0 Å². The molecule has 0 radical (unpaired) electrons. The highest BCUT2D eigenvalue weighted by Crippen LogP contribution is 2.32. The standard InChI is InChI=1S/C15H26N2OS/c1-7-8-16(5)9-10-17(6)12-11(15(2,3)4)13(18)14(12)19/h7-10H2,1-6H3. The third-order valence-corrected chi connectivity index (χ3v) is 3.82. The Bertz CT molecular complexity index is 495. The van der Waals surface area contributed by atoms with Crippen LogP contribution in [0.15, 0.2) is 4.79 Å². The monoisotopic (exact) mass is 282 g/mol. The van der Waals surface area contributed by atoms with Crippen molar-refractivity contribution in [1.29, 1.82) is 0 Å². The van der Waals surface area contributed by atoms with Crippen molar-refractivity contribution in [2.45, 2.75) is 39.5 Å². The van der Waals surface area contributed by atoms with Crippen LogP contribution in [0, 0.1) is 4.51 Å². The van der Waals surface area contributed by atoms with Crippen LogP contribution in [0.25, 0.3) is 0 Å². The van der Waals surface area contributed by atoms with Gasteiger partial charge in [-0.2, -0.15) is 0 Å². The van der Waals surface area contributed by atoms with E-state index in [2.05, 4.69) is 44.5 Å². The zero-order valence-electron chi connectivity index (χ0n) is 13.0. The summed E-state index contributed by atoms with van der Waals surface area (Å²) in [4.78, 5) is 16.4. The maximum atomic E-state index is 11.9. The van der Waals surface area contributed by atoms with Gasteiger partial charge in [-0.3, -0.25) is 4.79 Å². The fraction of sp³-hybridized carbons (Fsp3) is 0.733. The van der Waals surface area contributed by atoms with Gasteiger partial charge in [0.05, 0.1) is 5.69 Å². The molecule has 0 N–H and O–H groups in total. The summed E-state index contributed by atoms with van der Waals surface area (Å²) in [5, 5.41) is 0. The lowest BCUT2D eigenvalue weighted by Gasteiger charge is -2.31. The largest absolute Gasteiger partial charge is 0.372 e. The number of rotatable bonds is 6. The van der Waals surface area contributed by atoms with Crippen LogP contribution in [0.2, 0.25) is 0 Å². The first-order chi connectivity index (χ1) is 8.70. The minimum absolute atomic E-state index is 0.0614. The van der Waals surface area contributed by atoms with Gasteiger partial charge in [0, 0.05) is 25.7 Å². The summed E-state index contributed by atoms with van der Waals surface area (Å²) >= 11 is 5.22. The molecule has 0 aromatic heterocycles. The van der Waals surface area contributed by atoms with Crippen LogP contribution in [-0.2, 0) is 5.41 Å². The van der Waals surface area contributed by atoms with E-state index in [1.807, 2.05) is 7.05 Å². The zero-order valence-corrected chi connectivity index (χ0v) is 13.9. The molecule has 0 heterocycles. The van der Waals surface area contributed by atoms with Gasteiger partial charge in [0.25, 0.3) is 0 Å². The first kappa shape index (κ1) is 16.3. The molecular formula is C15H26N2OS. The Balaban J connectivity index is 2.79. The van der Waals surface area contributed by atoms with Crippen LogP contribution >= 0.6 is 12.2 Å². The highest BCUT2D eigenvalue weighted by atomic mass is 32.1. The molecule has 1 aromatic rings. The first-order valence-corrected chi connectivity index (χ1v) is 7.34. The summed E-state index contributed by atoms with van der Waals surface area (Å²) in [6, 6.07) is 0. The van der Waals surface area contributed by atoms with Gasteiger partial charge >= 0.3 is 0 Å². The fourth-order valence-electron chi connectivity index (χ4n) is 2.37. The van der Waals surface area contributed by atoms with Crippen molar-refractivity contribution in [3.05, 3.63) is 20.3 Å². The number of nitrogens with zero attached hydrogens (tertiary/aromatic N) is 2. The van der Waals surface area contributed by atoms with E-state index in [1.165, 1.54) is 0 Å². The van der Waals surface area contributed by atoms with Crippen LogP contribution < -0.4 is 10.3 Å². The molecule has 108 valence electrons. The number of hydrogen-bond donors (Lipinski definition) is 0. The molecule has 0 aliphatic heterocycles. The number of hydrogen-bond acceptors (Lipinski definition) is 4. The van der Waals surface area contributed by atoms with Crippen LogP contribution in [0.4, 0.5) is 5.69 Å². The van der Waals surface area contributed by atoms with Crippen molar-refractivity contribution in [2.24, 2.45) is 0 Å². The summed E-state index contributed by atoms with van der Waals surface area (Å²) in [7, 11) is 4.15. The molecule has 0 fully saturated rings. The second-order valence-corrected chi connectivity index (χ2v) is 6.76. The summed E-state index contributed by atoms with van der Waals surface area (Å²) in [6.45, 7) is 11.4. The molecule has 0 bridgehead atoms. The molecule has 4 heteroatoms. The van der Waals surface area contributed by atoms with E-state index in [9.17, 15) is 4.79 Å². The van der Waals surface area contributed by atoms with Gasteiger partial charge in [-0.05, 0) is 25.4 Å². The highest BCUT2D eigenvalue weighted by Gasteiger charge is 2.29. The molecule has 3 nitrogen and oxygen atoms in total. The Morgan fingerprint density at radius 3 is 2.16 bits per heavy atom. The Labute approximate surface area is 121 Å². The molecule has 0 spiro atoms. The molecule has 0 aliphatic rings. The molecule has 19 heavy (non-hydrogen) atoms. The van der Waals surface area contributed by atoms with Crippen LogP contribution in [0.3, 0.4) is 0 Å². The second kappa shape index (κ2) is 6.14. The molecule has 1 aromatic carbocycles. The van der Waals surface area contributed by atoms with E-state index in [-0.39, 0.29) is 10.8 Å². The van der Waals surface area contributed by atoms with Crippen molar-refractivity contribution in [2.75, 3.05) is 38.6 Å². The van der Waals surface area contributed by atoms with E-state index in [4.69, 9.17) is 12.2 Å². The predicted molar refractivity (Wildman–Crippen MR) is 85.7 cm³/mol. The molecule has 1 rings (SSSR count). The van der Waals surface area contributed by atoms with Crippen molar-refractivity contribution < 1.29 is 0 Å². The molecule has 0 amide bonds. The Morgan fingerprint density at radius 2 is 1.68 bits per heavy atom. The molecule has 0 aliphatic carbocycles. The van der Waals surface area contributed by atoms with Gasteiger partial charge in [-0.15, -0.1) is 0 Å². The summed E-state index contributed by atoms with van der Waals surface area (Å²) in [5.74, 6) is 0. The average Bonchev–Trinajstić information content (AvgIpc) is 2.30. The Kier molecular flexibility index (Phi) is 5.27. The number of anilines is 1. The molecule has 0 unspecified atom stereocenters. The van der Waals surface area contributed by atoms with E-state index in [1.54, 1.807) is 0 Å². The molecular weight excluding hydrogens is 256 g/mol. The summed E-state index contributed by atoms with van der Waals surface area (Å²) in [6.07, 6.45) is 1.16. The van der Waals surface area contributed by atoms with Gasteiger partial charge in [0.1, 0.15) is 4.51 Å². The van der Waals surface area contributed by atoms with Gasteiger partial charge < -0.3 is 9.80 Å². The molecule has 0 saturated carbocycles. The topological polar surface area (TPSA) is 23.6 Å². The lowest BCUT2D eigenvalue weighted by molar-refractivity contribution is 0.342. The normalized spacial score (nSPS) is 12.4. The molecule has 0 saturated heterocycles. The minimum atomic E-state index is -0.127. The van der Waals surface area contributed by atoms with Gasteiger partial charge in [0.15, 0.2) is 0 Å². The molecule has 0 atom stereocenters. The van der Waals surface area contributed by atoms with Crippen molar-refractivity contribution in [3.63, 3.8) is 0 Å². The Hall–Kier alpha value is -0.740. The first-order valence-electron chi connectivity index (χ1n) is 6.93. The van der Waals surface area contributed by atoms with Gasteiger partial charge in [-0.1, -0.05) is 39.9 Å². The maximum Gasteiger partial charge on any atom is 0.204 e. The van der Waals surface area contributed by atoms with Crippen LogP contribution in [0.1, 0.15) is 39.7 Å². The van der Waals surface area contributed by atoms with Crippen molar-refractivity contribution >= 4 is 17.9 Å². The third-order valence-electron chi connectivity index (χ3n) is 3.44.